The minimum atomic E-state index is -0.343. The Bertz CT molecular complexity index is 508. The number of carbonyl (C=O) groups excluding carboxylic acids is 2. The Morgan fingerprint density at radius 3 is 2.36 bits per heavy atom. The van der Waals surface area contributed by atoms with E-state index in [1.807, 2.05) is 0 Å². The van der Waals surface area contributed by atoms with Gasteiger partial charge in [-0.1, -0.05) is 0 Å². The maximum atomic E-state index is 12.1. The second-order valence-corrected chi connectivity index (χ2v) is 5.73. The molecule has 0 aliphatic carbocycles. The van der Waals surface area contributed by atoms with Gasteiger partial charge in [0.15, 0.2) is 6.54 Å². The number of nitrogens with one attached hydrogen (secondary N) is 3. The normalized spacial score (nSPS) is 21.2. The number of benzene rings is 1. The summed E-state index contributed by atoms with van der Waals surface area (Å²) in [5.41, 5.74) is 1.20. The third-order valence-electron chi connectivity index (χ3n) is 3.90. The third-order valence-corrected chi connectivity index (χ3v) is 3.90. The van der Waals surface area contributed by atoms with Crippen LogP contribution < -0.4 is 15.1 Å². The van der Waals surface area contributed by atoms with Crippen LogP contribution in [-0.4, -0.2) is 58.3 Å². The summed E-state index contributed by atoms with van der Waals surface area (Å²) in [5.74, 6) is -0.330. The molecular formula is C16H25N3O3+2. The van der Waals surface area contributed by atoms with Crippen molar-refractivity contribution in [2.24, 2.45) is 0 Å². The average molecular weight is 307 g/mol. The number of rotatable bonds is 5. The summed E-state index contributed by atoms with van der Waals surface area (Å²) < 4.78 is 4.93. The van der Waals surface area contributed by atoms with E-state index in [0.717, 1.165) is 26.2 Å². The van der Waals surface area contributed by atoms with Gasteiger partial charge in [-0.3, -0.25) is 4.79 Å². The molecule has 1 fully saturated rings. The Labute approximate surface area is 131 Å². The van der Waals surface area contributed by atoms with Gasteiger partial charge in [-0.15, -0.1) is 0 Å². The van der Waals surface area contributed by atoms with Crippen LogP contribution >= 0.6 is 0 Å². The predicted molar refractivity (Wildman–Crippen MR) is 83.2 cm³/mol. The highest BCUT2D eigenvalue weighted by Gasteiger charge is 2.22. The van der Waals surface area contributed by atoms with E-state index in [2.05, 4.69) is 12.4 Å². The molecule has 1 aromatic rings. The molecule has 1 heterocycles. The van der Waals surface area contributed by atoms with E-state index in [1.165, 1.54) is 9.80 Å². The molecule has 0 spiro atoms. The lowest BCUT2D eigenvalue weighted by Crippen LogP contribution is -3.27. The average Bonchev–Trinajstić information content (AvgIpc) is 2.50. The van der Waals surface area contributed by atoms with Gasteiger partial charge in [0, 0.05) is 5.69 Å². The van der Waals surface area contributed by atoms with Crippen molar-refractivity contribution in [3.05, 3.63) is 29.8 Å². The zero-order valence-electron chi connectivity index (χ0n) is 13.3. The van der Waals surface area contributed by atoms with Crippen LogP contribution in [-0.2, 0) is 9.53 Å². The molecule has 120 valence electrons. The molecule has 1 aliphatic rings. The molecule has 0 bridgehead atoms. The van der Waals surface area contributed by atoms with Gasteiger partial charge in [0.05, 0.1) is 19.2 Å². The number of anilines is 1. The minimum absolute atomic E-state index is 0.0124. The number of hydrogen-bond acceptors (Lipinski definition) is 3. The quantitative estimate of drug-likeness (QED) is 0.563. The SMILES string of the molecule is CCOC(=O)c1ccc(NC(=O)C[NH+]2CC[NH+](C)CC2)cc1. The largest absolute Gasteiger partial charge is 0.462 e. The highest BCUT2D eigenvalue weighted by atomic mass is 16.5. The number of esters is 1. The van der Waals surface area contributed by atoms with E-state index < -0.39 is 0 Å². The number of quaternary nitrogens is 2. The standard InChI is InChI=1S/C16H23N3O3/c1-3-22-16(21)13-4-6-14(7-5-13)17-15(20)12-19-10-8-18(2)9-11-19/h4-7H,3,8-12H2,1-2H3,(H,17,20)/p+2. The predicted octanol–water partition coefficient (Wildman–Crippen LogP) is -1.78. The van der Waals surface area contributed by atoms with Crippen LogP contribution in [0.2, 0.25) is 0 Å². The number of likely N-dealkylation sites (N-methyl/N-ethyl adjacent to an activating group) is 1. The highest BCUT2D eigenvalue weighted by Crippen LogP contribution is 2.10. The molecular weight excluding hydrogens is 282 g/mol. The molecule has 1 saturated heterocycles. The molecule has 1 amide bonds. The highest BCUT2D eigenvalue weighted by molar-refractivity contribution is 5.93. The molecule has 6 heteroatoms. The molecule has 0 aromatic heterocycles. The van der Waals surface area contributed by atoms with Crippen LogP contribution in [0.3, 0.4) is 0 Å². The number of piperazine rings is 1. The fourth-order valence-corrected chi connectivity index (χ4v) is 2.54. The summed E-state index contributed by atoms with van der Waals surface area (Å²) >= 11 is 0. The monoisotopic (exact) mass is 307 g/mol. The van der Waals surface area contributed by atoms with Crippen LogP contribution in [0.15, 0.2) is 24.3 Å². The van der Waals surface area contributed by atoms with Gasteiger partial charge in [-0.25, -0.2) is 4.79 Å². The van der Waals surface area contributed by atoms with E-state index in [0.29, 0.717) is 24.4 Å². The van der Waals surface area contributed by atoms with Gasteiger partial charge >= 0.3 is 5.97 Å². The molecule has 0 atom stereocenters. The fourth-order valence-electron chi connectivity index (χ4n) is 2.54. The van der Waals surface area contributed by atoms with E-state index in [1.54, 1.807) is 31.2 Å². The van der Waals surface area contributed by atoms with Crippen LogP contribution in [0, 0.1) is 0 Å². The Hall–Kier alpha value is -1.92. The summed E-state index contributed by atoms with van der Waals surface area (Å²) in [5, 5.41) is 2.88. The van der Waals surface area contributed by atoms with Crippen LogP contribution in [0.4, 0.5) is 5.69 Å². The minimum Gasteiger partial charge on any atom is -0.462 e. The maximum absolute atomic E-state index is 12.1. The maximum Gasteiger partial charge on any atom is 0.338 e. The lowest BCUT2D eigenvalue weighted by molar-refractivity contribution is -0.999. The topological polar surface area (TPSA) is 64.3 Å². The number of ether oxygens (including phenoxy) is 1. The van der Waals surface area contributed by atoms with Gasteiger partial charge in [0.2, 0.25) is 0 Å². The first-order valence-electron chi connectivity index (χ1n) is 7.80. The molecule has 2 rings (SSSR count). The molecule has 0 radical (unpaired) electrons. The summed E-state index contributed by atoms with van der Waals surface area (Å²) in [7, 11) is 2.18. The van der Waals surface area contributed by atoms with Gasteiger partial charge in [-0.2, -0.15) is 0 Å². The van der Waals surface area contributed by atoms with Crippen molar-refractivity contribution < 1.29 is 24.1 Å². The lowest BCUT2D eigenvalue weighted by atomic mass is 10.2. The molecule has 22 heavy (non-hydrogen) atoms. The van der Waals surface area contributed by atoms with Crippen molar-refractivity contribution >= 4 is 17.6 Å². The Morgan fingerprint density at radius 2 is 1.77 bits per heavy atom. The smallest absolute Gasteiger partial charge is 0.338 e. The first-order chi connectivity index (χ1) is 10.6. The Balaban J connectivity index is 1.82. The first kappa shape index (κ1) is 16.5. The van der Waals surface area contributed by atoms with E-state index in [4.69, 9.17) is 4.74 Å². The second-order valence-electron chi connectivity index (χ2n) is 5.73. The second kappa shape index (κ2) is 7.91. The number of hydrogen-bond donors (Lipinski definition) is 3. The van der Waals surface area contributed by atoms with Crippen molar-refractivity contribution in [3.8, 4) is 0 Å². The molecule has 6 nitrogen and oxygen atoms in total. The van der Waals surface area contributed by atoms with Crippen molar-refractivity contribution in [3.63, 3.8) is 0 Å². The number of carbonyl (C=O) groups is 2. The summed E-state index contributed by atoms with van der Waals surface area (Å²) in [4.78, 5) is 26.5. The molecule has 1 aromatic carbocycles. The summed E-state index contributed by atoms with van der Waals surface area (Å²) in [6.45, 7) is 6.89. The summed E-state index contributed by atoms with van der Waals surface area (Å²) in [6, 6.07) is 6.79. The van der Waals surface area contributed by atoms with Gasteiger partial charge < -0.3 is 19.9 Å². The zero-order chi connectivity index (χ0) is 15.9. The van der Waals surface area contributed by atoms with Crippen molar-refractivity contribution in [1.82, 2.24) is 0 Å². The molecule has 3 N–H and O–H groups in total. The third kappa shape index (κ3) is 4.82. The Morgan fingerprint density at radius 1 is 1.14 bits per heavy atom. The first-order valence-corrected chi connectivity index (χ1v) is 7.80. The van der Waals surface area contributed by atoms with Gasteiger partial charge in [0.1, 0.15) is 26.2 Å². The molecule has 0 unspecified atom stereocenters. The molecule has 0 saturated carbocycles. The Kier molecular flexibility index (Phi) is 5.91. The van der Waals surface area contributed by atoms with Crippen molar-refractivity contribution in [2.45, 2.75) is 6.92 Å². The fraction of sp³-hybridized carbons (Fsp3) is 0.500. The van der Waals surface area contributed by atoms with Crippen LogP contribution in [0.1, 0.15) is 17.3 Å². The van der Waals surface area contributed by atoms with Crippen molar-refractivity contribution in [2.75, 3.05) is 51.7 Å². The van der Waals surface area contributed by atoms with Gasteiger partial charge in [0.25, 0.3) is 5.91 Å². The van der Waals surface area contributed by atoms with Crippen LogP contribution in [0.5, 0.6) is 0 Å². The van der Waals surface area contributed by atoms with Crippen LogP contribution in [0.25, 0.3) is 0 Å². The zero-order valence-corrected chi connectivity index (χ0v) is 13.3. The van der Waals surface area contributed by atoms with E-state index >= 15 is 0 Å². The van der Waals surface area contributed by atoms with Gasteiger partial charge in [-0.05, 0) is 31.2 Å². The molecule has 1 aliphatic heterocycles. The van der Waals surface area contributed by atoms with E-state index in [-0.39, 0.29) is 11.9 Å². The summed E-state index contributed by atoms with van der Waals surface area (Å²) in [6.07, 6.45) is 0. The van der Waals surface area contributed by atoms with Crippen molar-refractivity contribution in [1.29, 1.82) is 0 Å². The van der Waals surface area contributed by atoms with E-state index in [9.17, 15) is 9.59 Å². The lowest BCUT2D eigenvalue weighted by Gasteiger charge is -2.26. The number of amides is 1.